The number of unbranched alkanes of at least 4 members (excludes halogenated alkanes) is 1. The van der Waals surface area contributed by atoms with Gasteiger partial charge < -0.3 is 14.5 Å². The van der Waals surface area contributed by atoms with Crippen molar-refractivity contribution in [2.24, 2.45) is 0 Å². The molecule has 0 atom stereocenters. The second kappa shape index (κ2) is 8.25. The summed E-state index contributed by atoms with van der Waals surface area (Å²) in [5.74, 6) is -0.951. The van der Waals surface area contributed by atoms with Gasteiger partial charge in [0.2, 0.25) is 0 Å². The molecule has 0 unspecified atom stereocenters. The molecule has 1 aromatic rings. The summed E-state index contributed by atoms with van der Waals surface area (Å²) in [4.78, 5) is 21.3. The Morgan fingerprint density at radius 3 is 2.79 bits per heavy atom. The lowest BCUT2D eigenvalue weighted by molar-refractivity contribution is -0.402. The number of hydrogen-bond donors (Lipinski definition) is 1. The minimum Gasteiger partial charge on any atom is -0.395 e. The SMILES string of the molecule is CCCCOCCCNC(=O)c1ccc([N+](=O)[O-])o1. The van der Waals surface area contributed by atoms with Crippen LogP contribution >= 0.6 is 0 Å². The Bertz CT molecular complexity index is 416. The van der Waals surface area contributed by atoms with Crippen molar-refractivity contribution < 1.29 is 18.9 Å². The molecule has 0 aliphatic rings. The zero-order valence-corrected chi connectivity index (χ0v) is 10.9. The maximum atomic E-state index is 11.5. The number of hydrogen-bond acceptors (Lipinski definition) is 5. The Hall–Kier alpha value is -1.89. The Labute approximate surface area is 111 Å². The minimum absolute atomic E-state index is 0.0569. The lowest BCUT2D eigenvalue weighted by Crippen LogP contribution is -2.24. The fourth-order valence-electron chi connectivity index (χ4n) is 1.36. The van der Waals surface area contributed by atoms with Gasteiger partial charge in [-0.1, -0.05) is 13.3 Å². The number of nitrogens with zero attached hydrogens (tertiary/aromatic N) is 1. The number of nitrogens with one attached hydrogen (secondary N) is 1. The normalized spacial score (nSPS) is 10.4. The van der Waals surface area contributed by atoms with E-state index in [1.54, 1.807) is 0 Å². The van der Waals surface area contributed by atoms with Gasteiger partial charge in [-0.05, 0) is 18.9 Å². The number of furan rings is 1. The summed E-state index contributed by atoms with van der Waals surface area (Å²) < 4.78 is 10.1. The van der Waals surface area contributed by atoms with Crippen molar-refractivity contribution in [1.82, 2.24) is 5.32 Å². The highest BCUT2D eigenvalue weighted by Crippen LogP contribution is 2.15. The molecule has 7 heteroatoms. The summed E-state index contributed by atoms with van der Waals surface area (Å²) in [6, 6.07) is 2.44. The lowest BCUT2D eigenvalue weighted by Gasteiger charge is -2.04. The van der Waals surface area contributed by atoms with Crippen LogP contribution in [0.4, 0.5) is 5.88 Å². The molecule has 0 saturated heterocycles. The molecule has 0 aliphatic carbocycles. The van der Waals surface area contributed by atoms with Crippen molar-refractivity contribution in [3.05, 3.63) is 28.0 Å². The maximum absolute atomic E-state index is 11.5. The van der Waals surface area contributed by atoms with Crippen LogP contribution in [0.1, 0.15) is 36.7 Å². The average Bonchev–Trinajstić information content (AvgIpc) is 2.87. The largest absolute Gasteiger partial charge is 0.433 e. The molecule has 0 bridgehead atoms. The standard InChI is InChI=1S/C12H18N2O5/c1-2-3-8-18-9-4-7-13-12(15)10-5-6-11(19-10)14(16)17/h5-6H,2-4,7-9H2,1H3,(H,13,15). The predicted octanol–water partition coefficient (Wildman–Crippen LogP) is 2.12. The summed E-state index contributed by atoms with van der Waals surface area (Å²) in [6.07, 6.45) is 2.81. The van der Waals surface area contributed by atoms with E-state index in [2.05, 4.69) is 12.2 Å². The molecule has 19 heavy (non-hydrogen) atoms. The van der Waals surface area contributed by atoms with E-state index < -0.39 is 16.7 Å². The first-order valence-corrected chi connectivity index (χ1v) is 6.25. The Morgan fingerprint density at radius 1 is 1.42 bits per heavy atom. The van der Waals surface area contributed by atoms with Gasteiger partial charge in [-0.2, -0.15) is 0 Å². The predicted molar refractivity (Wildman–Crippen MR) is 68.0 cm³/mol. The van der Waals surface area contributed by atoms with Crippen molar-refractivity contribution in [3.8, 4) is 0 Å². The smallest absolute Gasteiger partial charge is 0.395 e. The van der Waals surface area contributed by atoms with Gasteiger partial charge in [-0.3, -0.25) is 14.9 Å². The first-order chi connectivity index (χ1) is 9.15. The average molecular weight is 270 g/mol. The molecular formula is C12H18N2O5. The van der Waals surface area contributed by atoms with Crippen LogP contribution in [0.2, 0.25) is 0 Å². The zero-order valence-electron chi connectivity index (χ0n) is 10.9. The van der Waals surface area contributed by atoms with Gasteiger partial charge in [0.15, 0.2) is 5.76 Å². The molecule has 1 rings (SSSR count). The highest BCUT2D eigenvalue weighted by Gasteiger charge is 2.16. The number of carbonyl (C=O) groups excluding carboxylic acids is 1. The molecule has 1 aromatic heterocycles. The van der Waals surface area contributed by atoms with Gasteiger partial charge in [0, 0.05) is 19.8 Å². The van der Waals surface area contributed by atoms with E-state index in [-0.39, 0.29) is 5.76 Å². The van der Waals surface area contributed by atoms with Gasteiger partial charge in [0.05, 0.1) is 6.07 Å². The molecule has 0 saturated carbocycles. The van der Waals surface area contributed by atoms with Crippen LogP contribution in [0.15, 0.2) is 16.5 Å². The summed E-state index contributed by atoms with van der Waals surface area (Å²) in [6.45, 7) is 3.85. The third-order valence-electron chi connectivity index (χ3n) is 2.39. The Balaban J connectivity index is 2.18. The van der Waals surface area contributed by atoms with Crippen LogP contribution in [0.5, 0.6) is 0 Å². The number of ether oxygens (including phenoxy) is 1. The van der Waals surface area contributed by atoms with Gasteiger partial charge in [-0.25, -0.2) is 0 Å². The van der Waals surface area contributed by atoms with Crippen molar-refractivity contribution in [3.63, 3.8) is 0 Å². The van der Waals surface area contributed by atoms with Crippen molar-refractivity contribution in [2.45, 2.75) is 26.2 Å². The molecule has 1 heterocycles. The number of nitro groups is 1. The van der Waals surface area contributed by atoms with E-state index in [0.717, 1.165) is 25.5 Å². The van der Waals surface area contributed by atoms with Gasteiger partial charge in [0.25, 0.3) is 5.91 Å². The number of amides is 1. The molecule has 0 aliphatic heterocycles. The van der Waals surface area contributed by atoms with Crippen LogP contribution < -0.4 is 5.32 Å². The van der Waals surface area contributed by atoms with Crippen molar-refractivity contribution in [1.29, 1.82) is 0 Å². The molecule has 1 amide bonds. The van der Waals surface area contributed by atoms with E-state index in [1.165, 1.54) is 6.07 Å². The maximum Gasteiger partial charge on any atom is 0.433 e. The van der Waals surface area contributed by atoms with Crippen LogP contribution in [-0.2, 0) is 4.74 Å². The second-order valence-corrected chi connectivity index (χ2v) is 3.97. The van der Waals surface area contributed by atoms with E-state index >= 15 is 0 Å². The molecule has 7 nitrogen and oxygen atoms in total. The molecule has 1 N–H and O–H groups in total. The third-order valence-corrected chi connectivity index (χ3v) is 2.39. The number of carbonyl (C=O) groups is 1. The highest BCUT2D eigenvalue weighted by molar-refractivity contribution is 5.91. The molecule has 0 spiro atoms. The highest BCUT2D eigenvalue weighted by atomic mass is 16.6. The molecular weight excluding hydrogens is 252 g/mol. The van der Waals surface area contributed by atoms with Crippen LogP contribution in [-0.4, -0.2) is 30.6 Å². The third kappa shape index (κ3) is 5.52. The quantitative estimate of drug-likeness (QED) is 0.421. The summed E-state index contributed by atoms with van der Waals surface area (Å²) in [7, 11) is 0. The van der Waals surface area contributed by atoms with Crippen LogP contribution in [0, 0.1) is 10.1 Å². The molecule has 106 valence electrons. The monoisotopic (exact) mass is 270 g/mol. The molecule has 0 fully saturated rings. The van der Waals surface area contributed by atoms with Gasteiger partial charge >= 0.3 is 5.88 Å². The van der Waals surface area contributed by atoms with Crippen molar-refractivity contribution >= 4 is 11.8 Å². The van der Waals surface area contributed by atoms with E-state index in [1.807, 2.05) is 0 Å². The molecule has 0 radical (unpaired) electrons. The molecule has 0 aromatic carbocycles. The van der Waals surface area contributed by atoms with E-state index in [0.29, 0.717) is 19.6 Å². The summed E-state index contributed by atoms with van der Waals surface area (Å²) in [5.41, 5.74) is 0. The van der Waals surface area contributed by atoms with Gasteiger partial charge in [0.1, 0.15) is 4.92 Å². The van der Waals surface area contributed by atoms with E-state index in [4.69, 9.17) is 9.15 Å². The zero-order chi connectivity index (χ0) is 14.1. The van der Waals surface area contributed by atoms with Gasteiger partial charge in [-0.15, -0.1) is 0 Å². The topological polar surface area (TPSA) is 94.6 Å². The minimum atomic E-state index is -0.682. The van der Waals surface area contributed by atoms with E-state index in [9.17, 15) is 14.9 Å². The van der Waals surface area contributed by atoms with Crippen LogP contribution in [0.3, 0.4) is 0 Å². The number of rotatable bonds is 9. The second-order valence-electron chi connectivity index (χ2n) is 3.97. The fraction of sp³-hybridized carbons (Fsp3) is 0.583. The lowest BCUT2D eigenvalue weighted by atomic mass is 10.3. The summed E-state index contributed by atoms with van der Waals surface area (Å²) >= 11 is 0. The summed E-state index contributed by atoms with van der Waals surface area (Å²) in [5, 5.41) is 13.0. The Morgan fingerprint density at radius 2 is 2.16 bits per heavy atom. The first-order valence-electron chi connectivity index (χ1n) is 6.25. The Kier molecular flexibility index (Phi) is 6.59. The first kappa shape index (κ1) is 15.2. The van der Waals surface area contributed by atoms with Crippen molar-refractivity contribution in [2.75, 3.05) is 19.8 Å². The van der Waals surface area contributed by atoms with Crippen LogP contribution in [0.25, 0.3) is 0 Å². The fourth-order valence-corrected chi connectivity index (χ4v) is 1.36.